The van der Waals surface area contributed by atoms with E-state index >= 15 is 0 Å². The summed E-state index contributed by atoms with van der Waals surface area (Å²) in [7, 11) is 0. The number of nitrogen functional groups attached to an aromatic ring is 1. The Morgan fingerprint density at radius 2 is 2.29 bits per heavy atom. The Bertz CT molecular complexity index is 419. The summed E-state index contributed by atoms with van der Waals surface area (Å²) in [6, 6.07) is 5.72. The van der Waals surface area contributed by atoms with Gasteiger partial charge in [-0.3, -0.25) is 0 Å². The van der Waals surface area contributed by atoms with Crippen LogP contribution in [0.2, 0.25) is 0 Å². The van der Waals surface area contributed by atoms with Gasteiger partial charge in [-0.25, -0.2) is 9.67 Å². The van der Waals surface area contributed by atoms with Gasteiger partial charge in [0.1, 0.15) is 0 Å². The number of rotatable bonds is 2. The Hall–Kier alpha value is -1.84. The lowest BCUT2D eigenvalue weighted by Crippen LogP contribution is -2.04. The van der Waals surface area contributed by atoms with Crippen LogP contribution in [-0.2, 0) is 6.42 Å². The molecule has 0 aliphatic heterocycles. The van der Waals surface area contributed by atoms with Gasteiger partial charge in [0.15, 0.2) is 5.82 Å². The molecule has 2 rings (SSSR count). The number of hydrogen-bond acceptors (Lipinski definition) is 3. The summed E-state index contributed by atoms with van der Waals surface area (Å²) in [5.41, 5.74) is 7.50. The van der Waals surface area contributed by atoms with Crippen LogP contribution >= 0.6 is 0 Å². The average molecular weight is 188 g/mol. The van der Waals surface area contributed by atoms with Gasteiger partial charge in [-0.2, -0.15) is 5.10 Å². The third-order valence-corrected chi connectivity index (χ3v) is 2.10. The van der Waals surface area contributed by atoms with Crippen LogP contribution in [0.5, 0.6) is 0 Å². The minimum Gasteiger partial charge on any atom is -0.396 e. The van der Waals surface area contributed by atoms with Crippen molar-refractivity contribution in [2.75, 3.05) is 5.73 Å². The first-order valence-corrected chi connectivity index (χ1v) is 4.56. The first kappa shape index (κ1) is 8.74. The summed E-state index contributed by atoms with van der Waals surface area (Å²) in [5, 5.41) is 4.19. The van der Waals surface area contributed by atoms with Crippen molar-refractivity contribution in [1.82, 2.24) is 14.8 Å². The van der Waals surface area contributed by atoms with E-state index in [1.54, 1.807) is 17.1 Å². The average Bonchev–Trinajstić information content (AvgIpc) is 2.61. The van der Waals surface area contributed by atoms with Gasteiger partial charge in [-0.1, -0.05) is 13.0 Å². The molecule has 2 aromatic rings. The third-order valence-electron chi connectivity index (χ3n) is 2.10. The van der Waals surface area contributed by atoms with Crippen LogP contribution in [-0.4, -0.2) is 14.8 Å². The maximum absolute atomic E-state index is 5.78. The van der Waals surface area contributed by atoms with Crippen LogP contribution in [0.1, 0.15) is 12.6 Å². The molecule has 72 valence electrons. The molecule has 0 saturated carbocycles. The van der Waals surface area contributed by atoms with Gasteiger partial charge in [-0.05, 0) is 18.6 Å². The van der Waals surface area contributed by atoms with Gasteiger partial charge in [0, 0.05) is 6.20 Å². The Labute approximate surface area is 82.4 Å². The lowest BCUT2D eigenvalue weighted by atomic mass is 10.3. The molecule has 0 unspecified atom stereocenters. The van der Waals surface area contributed by atoms with Crippen LogP contribution in [0.4, 0.5) is 5.69 Å². The molecule has 0 aliphatic carbocycles. The first-order chi connectivity index (χ1) is 6.83. The standard InChI is InChI=1S/C10H12N4/c1-2-9-8(11)7-13-14(9)10-5-3-4-6-12-10/h3-7H,2,11H2,1H3. The zero-order valence-corrected chi connectivity index (χ0v) is 8.01. The quantitative estimate of drug-likeness (QED) is 0.775. The molecule has 0 atom stereocenters. The van der Waals surface area contributed by atoms with Crippen molar-refractivity contribution in [2.45, 2.75) is 13.3 Å². The lowest BCUT2D eigenvalue weighted by Gasteiger charge is -2.04. The molecule has 0 aromatic carbocycles. The molecule has 4 heteroatoms. The van der Waals surface area contributed by atoms with Crippen molar-refractivity contribution < 1.29 is 0 Å². The van der Waals surface area contributed by atoms with Crippen molar-refractivity contribution in [3.63, 3.8) is 0 Å². The van der Waals surface area contributed by atoms with E-state index in [1.165, 1.54) is 0 Å². The summed E-state index contributed by atoms with van der Waals surface area (Å²) < 4.78 is 1.77. The first-order valence-electron chi connectivity index (χ1n) is 4.56. The van der Waals surface area contributed by atoms with Crippen LogP contribution in [0.3, 0.4) is 0 Å². The summed E-state index contributed by atoms with van der Waals surface area (Å²) in [6.45, 7) is 2.05. The minimum absolute atomic E-state index is 0.721. The van der Waals surface area contributed by atoms with E-state index in [4.69, 9.17) is 5.73 Å². The smallest absolute Gasteiger partial charge is 0.153 e. The summed E-state index contributed by atoms with van der Waals surface area (Å²) >= 11 is 0. The van der Waals surface area contributed by atoms with E-state index in [0.29, 0.717) is 0 Å². The van der Waals surface area contributed by atoms with E-state index in [-0.39, 0.29) is 0 Å². The second-order valence-electron chi connectivity index (χ2n) is 3.00. The van der Waals surface area contributed by atoms with E-state index < -0.39 is 0 Å². The molecule has 0 saturated heterocycles. The number of nitrogens with two attached hydrogens (primary N) is 1. The van der Waals surface area contributed by atoms with Crippen molar-refractivity contribution >= 4 is 5.69 Å². The Morgan fingerprint density at radius 3 is 2.93 bits per heavy atom. The normalized spacial score (nSPS) is 10.4. The van der Waals surface area contributed by atoms with Crippen molar-refractivity contribution in [2.24, 2.45) is 0 Å². The molecule has 4 nitrogen and oxygen atoms in total. The molecule has 0 radical (unpaired) electrons. The zero-order valence-electron chi connectivity index (χ0n) is 8.01. The van der Waals surface area contributed by atoms with Gasteiger partial charge in [0.2, 0.25) is 0 Å². The Morgan fingerprint density at radius 1 is 1.43 bits per heavy atom. The van der Waals surface area contributed by atoms with Gasteiger partial charge >= 0.3 is 0 Å². The van der Waals surface area contributed by atoms with Crippen LogP contribution in [0, 0.1) is 0 Å². The third kappa shape index (κ3) is 1.35. The molecule has 2 N–H and O–H groups in total. The highest BCUT2D eigenvalue weighted by atomic mass is 15.3. The molecule has 2 heterocycles. The molecular weight excluding hydrogens is 176 g/mol. The monoisotopic (exact) mass is 188 g/mol. The molecule has 0 fully saturated rings. The number of anilines is 1. The lowest BCUT2D eigenvalue weighted by molar-refractivity contribution is 0.790. The van der Waals surface area contributed by atoms with Crippen LogP contribution in [0.25, 0.3) is 5.82 Å². The predicted molar refractivity (Wildman–Crippen MR) is 55.1 cm³/mol. The van der Waals surface area contributed by atoms with Crippen molar-refractivity contribution in [3.05, 3.63) is 36.3 Å². The zero-order chi connectivity index (χ0) is 9.97. The van der Waals surface area contributed by atoms with Crippen LogP contribution < -0.4 is 5.73 Å². The van der Waals surface area contributed by atoms with Gasteiger partial charge in [-0.15, -0.1) is 0 Å². The number of pyridine rings is 1. The largest absolute Gasteiger partial charge is 0.396 e. The predicted octanol–water partition coefficient (Wildman–Crippen LogP) is 1.41. The van der Waals surface area contributed by atoms with Gasteiger partial charge in [0.25, 0.3) is 0 Å². The van der Waals surface area contributed by atoms with Gasteiger partial charge < -0.3 is 5.73 Å². The maximum Gasteiger partial charge on any atom is 0.153 e. The van der Waals surface area contributed by atoms with E-state index in [2.05, 4.69) is 10.1 Å². The molecule has 14 heavy (non-hydrogen) atoms. The van der Waals surface area contributed by atoms with Crippen LogP contribution in [0.15, 0.2) is 30.6 Å². The van der Waals surface area contributed by atoms with Crippen molar-refractivity contribution in [3.8, 4) is 5.82 Å². The van der Waals surface area contributed by atoms with Crippen molar-refractivity contribution in [1.29, 1.82) is 0 Å². The Kier molecular flexibility index (Phi) is 2.18. The summed E-state index contributed by atoms with van der Waals surface area (Å²) in [6.07, 6.45) is 4.25. The fourth-order valence-electron chi connectivity index (χ4n) is 1.42. The number of hydrogen-bond donors (Lipinski definition) is 1. The fourth-order valence-corrected chi connectivity index (χ4v) is 1.42. The van der Waals surface area contributed by atoms with Gasteiger partial charge in [0.05, 0.1) is 17.6 Å². The molecule has 0 spiro atoms. The minimum atomic E-state index is 0.721. The Balaban J connectivity index is 2.52. The fraction of sp³-hybridized carbons (Fsp3) is 0.200. The number of aromatic nitrogens is 3. The van der Waals surface area contributed by atoms with E-state index in [1.807, 2.05) is 25.1 Å². The SMILES string of the molecule is CCc1c(N)cnn1-c1ccccn1. The number of nitrogens with zero attached hydrogens (tertiary/aromatic N) is 3. The van der Waals surface area contributed by atoms with E-state index in [9.17, 15) is 0 Å². The molecule has 0 amide bonds. The highest BCUT2D eigenvalue weighted by Gasteiger charge is 2.07. The molecular formula is C10H12N4. The topological polar surface area (TPSA) is 56.7 Å². The highest BCUT2D eigenvalue weighted by molar-refractivity contribution is 5.44. The summed E-state index contributed by atoms with van der Waals surface area (Å²) in [5.74, 6) is 0.807. The molecule has 2 aromatic heterocycles. The second-order valence-corrected chi connectivity index (χ2v) is 3.00. The second kappa shape index (κ2) is 3.49. The molecule has 0 bridgehead atoms. The summed E-state index contributed by atoms with van der Waals surface area (Å²) in [4.78, 5) is 4.22. The highest BCUT2D eigenvalue weighted by Crippen LogP contribution is 2.14. The van der Waals surface area contributed by atoms with E-state index in [0.717, 1.165) is 23.6 Å². The maximum atomic E-state index is 5.78. The molecule has 0 aliphatic rings.